The largest absolute Gasteiger partial charge is 0.487 e. The van der Waals surface area contributed by atoms with E-state index >= 15 is 0 Å². The van der Waals surface area contributed by atoms with Crippen molar-refractivity contribution in [3.8, 4) is 11.5 Å². The lowest BCUT2D eigenvalue weighted by atomic mass is 9.86. The van der Waals surface area contributed by atoms with Crippen LogP contribution in [0.25, 0.3) is 0 Å². The minimum Gasteiger partial charge on any atom is -0.487 e. The summed E-state index contributed by atoms with van der Waals surface area (Å²) in [7, 11) is 0. The third-order valence-electron chi connectivity index (χ3n) is 7.46. The monoisotopic (exact) mass is 655 g/mol. The Labute approximate surface area is 272 Å². The van der Waals surface area contributed by atoms with Gasteiger partial charge in [0, 0.05) is 11.5 Å². The number of nitrogens with zero attached hydrogens (tertiary/aromatic N) is 1. The summed E-state index contributed by atoms with van der Waals surface area (Å²) in [4.78, 5) is 35.5. The average molecular weight is 656 g/mol. The van der Waals surface area contributed by atoms with E-state index in [-0.39, 0.29) is 56.8 Å². The Morgan fingerprint density at radius 1 is 0.804 bits per heavy atom. The van der Waals surface area contributed by atoms with Crippen LogP contribution in [-0.4, -0.2) is 83.2 Å². The fourth-order valence-corrected chi connectivity index (χ4v) is 4.85. The fourth-order valence-electron chi connectivity index (χ4n) is 4.85. The highest BCUT2D eigenvalue weighted by atomic mass is 16.6. The molecular formula is C32H53N3O11. The second kappa shape index (κ2) is 23.0. The third-order valence-corrected chi connectivity index (χ3v) is 7.46. The van der Waals surface area contributed by atoms with E-state index < -0.39 is 28.2 Å². The number of carbonyl (C=O) groups is 2. The molecule has 262 valence electrons. The topological polar surface area (TPSA) is 180 Å². The van der Waals surface area contributed by atoms with Crippen LogP contribution >= 0.6 is 0 Å². The van der Waals surface area contributed by atoms with Gasteiger partial charge in [0.2, 0.25) is 0 Å². The van der Waals surface area contributed by atoms with Gasteiger partial charge < -0.3 is 38.9 Å². The zero-order valence-electron chi connectivity index (χ0n) is 27.5. The Morgan fingerprint density at radius 2 is 1.28 bits per heavy atom. The number of hydrogen-bond acceptors (Lipinski definition) is 11. The van der Waals surface area contributed by atoms with Gasteiger partial charge >= 0.3 is 12.2 Å². The van der Waals surface area contributed by atoms with Crippen molar-refractivity contribution in [2.24, 2.45) is 11.1 Å². The van der Waals surface area contributed by atoms with Crippen molar-refractivity contribution >= 4 is 23.6 Å². The SMILES string of the molecule is CCCCCCCCCCCCC(C)(COC(N)=O)COC(=O)Nc1cc2c(cc1[N+](=O)[O-])OCCOCCOCCOCCO2. The number of nitro benzene ring substituents is 1. The second-order valence-corrected chi connectivity index (χ2v) is 11.7. The number of benzene rings is 1. The summed E-state index contributed by atoms with van der Waals surface area (Å²) in [5.74, 6) is 0.296. The smallest absolute Gasteiger partial charge is 0.411 e. The van der Waals surface area contributed by atoms with E-state index in [0.717, 1.165) is 19.3 Å². The molecule has 1 unspecified atom stereocenters. The molecule has 2 amide bonds. The van der Waals surface area contributed by atoms with E-state index in [2.05, 4.69) is 12.2 Å². The molecule has 1 aromatic carbocycles. The molecule has 2 rings (SSSR count). The van der Waals surface area contributed by atoms with Crippen LogP contribution in [0.15, 0.2) is 12.1 Å². The van der Waals surface area contributed by atoms with Crippen LogP contribution in [-0.2, 0) is 23.7 Å². The zero-order chi connectivity index (χ0) is 33.5. The van der Waals surface area contributed by atoms with Crippen LogP contribution in [0, 0.1) is 15.5 Å². The number of nitro groups is 1. The predicted molar refractivity (Wildman–Crippen MR) is 172 cm³/mol. The molecule has 0 saturated carbocycles. The van der Waals surface area contributed by atoms with Crippen LogP contribution in [0.1, 0.15) is 84.5 Å². The van der Waals surface area contributed by atoms with Crippen LogP contribution < -0.4 is 20.5 Å². The van der Waals surface area contributed by atoms with Crippen molar-refractivity contribution in [2.45, 2.75) is 84.5 Å². The van der Waals surface area contributed by atoms with Gasteiger partial charge in [-0.2, -0.15) is 0 Å². The number of carbonyl (C=O) groups excluding carboxylic acids is 2. The first-order valence-electron chi connectivity index (χ1n) is 16.4. The number of primary amides is 1. The summed E-state index contributed by atoms with van der Waals surface area (Å²) < 4.78 is 38.4. The van der Waals surface area contributed by atoms with Crippen LogP contribution in [0.5, 0.6) is 11.5 Å². The first-order valence-corrected chi connectivity index (χ1v) is 16.4. The number of unbranched alkanes of at least 4 members (excludes halogenated alkanes) is 9. The summed E-state index contributed by atoms with van der Waals surface area (Å²) in [5, 5.41) is 14.4. The summed E-state index contributed by atoms with van der Waals surface area (Å²) in [6.07, 6.45) is 10.5. The van der Waals surface area contributed by atoms with Crippen molar-refractivity contribution in [2.75, 3.05) is 71.4 Å². The van der Waals surface area contributed by atoms with E-state index in [4.69, 9.17) is 38.9 Å². The van der Waals surface area contributed by atoms with Crippen molar-refractivity contribution in [3.63, 3.8) is 0 Å². The van der Waals surface area contributed by atoms with Gasteiger partial charge in [-0.15, -0.1) is 0 Å². The van der Waals surface area contributed by atoms with E-state index in [1.165, 1.54) is 57.1 Å². The van der Waals surface area contributed by atoms with Crippen molar-refractivity contribution < 1.29 is 47.7 Å². The lowest BCUT2D eigenvalue weighted by Gasteiger charge is -2.28. The minimum atomic E-state index is -0.915. The molecule has 1 aliphatic heterocycles. The van der Waals surface area contributed by atoms with Gasteiger partial charge in [0.05, 0.1) is 50.6 Å². The molecule has 1 aromatic rings. The first kappa shape index (κ1) is 38.8. The average Bonchev–Trinajstić information content (AvgIpc) is 3.03. The molecule has 0 spiro atoms. The minimum absolute atomic E-state index is 0.0326. The summed E-state index contributed by atoms with van der Waals surface area (Å²) >= 11 is 0. The van der Waals surface area contributed by atoms with Crippen molar-refractivity contribution in [1.82, 2.24) is 0 Å². The summed E-state index contributed by atoms with van der Waals surface area (Å²) in [6, 6.07) is 2.50. The number of hydrogen-bond donors (Lipinski definition) is 2. The molecule has 1 aliphatic rings. The molecule has 0 fully saturated rings. The molecule has 0 aromatic heterocycles. The molecule has 14 nitrogen and oxygen atoms in total. The van der Waals surface area contributed by atoms with Gasteiger partial charge in [0.15, 0.2) is 11.5 Å². The van der Waals surface area contributed by atoms with Gasteiger partial charge in [-0.05, 0) is 6.42 Å². The number of nitrogens with one attached hydrogen (secondary N) is 1. The predicted octanol–water partition coefficient (Wildman–Crippen LogP) is 6.38. The molecule has 0 bridgehead atoms. The maximum absolute atomic E-state index is 12.9. The quantitative estimate of drug-likeness (QED) is 0.108. The first-order chi connectivity index (χ1) is 22.2. The number of amides is 2. The summed E-state index contributed by atoms with van der Waals surface area (Å²) in [5.41, 5.74) is 3.96. The van der Waals surface area contributed by atoms with E-state index in [1.807, 2.05) is 6.92 Å². The van der Waals surface area contributed by atoms with Crippen molar-refractivity contribution in [1.29, 1.82) is 0 Å². The molecule has 0 radical (unpaired) electrons. The molecule has 14 heteroatoms. The molecule has 46 heavy (non-hydrogen) atoms. The van der Waals surface area contributed by atoms with Crippen LogP contribution in [0.4, 0.5) is 21.0 Å². The van der Waals surface area contributed by atoms with Crippen LogP contribution in [0.2, 0.25) is 0 Å². The van der Waals surface area contributed by atoms with Gasteiger partial charge in [-0.25, -0.2) is 9.59 Å². The van der Waals surface area contributed by atoms with Gasteiger partial charge in [-0.3, -0.25) is 15.4 Å². The van der Waals surface area contributed by atoms with E-state index in [0.29, 0.717) is 32.8 Å². The number of rotatable bonds is 17. The molecule has 3 N–H and O–H groups in total. The molecule has 1 heterocycles. The van der Waals surface area contributed by atoms with Crippen LogP contribution in [0.3, 0.4) is 0 Å². The van der Waals surface area contributed by atoms with E-state index in [1.54, 1.807) is 0 Å². The maximum atomic E-state index is 12.9. The Morgan fingerprint density at radius 3 is 1.80 bits per heavy atom. The van der Waals surface area contributed by atoms with Gasteiger partial charge in [0.25, 0.3) is 5.69 Å². The molecule has 1 atom stereocenters. The number of anilines is 1. The maximum Gasteiger partial charge on any atom is 0.411 e. The van der Waals surface area contributed by atoms with E-state index in [9.17, 15) is 19.7 Å². The Bertz CT molecular complexity index is 1040. The number of nitrogens with two attached hydrogens (primary N) is 1. The standard InChI is InChI=1S/C32H53N3O11/c1-3-4-5-6-7-8-9-10-11-12-13-32(2,24-45-30(33)36)25-46-31(37)34-26-22-28-29(23-27(26)35(38)39)44-21-19-42-17-15-40-14-16-41-18-20-43-28/h22-23H,3-21,24-25H2,1-2H3,(H2,33,36)(H,34,37). The normalized spacial score (nSPS) is 15.9. The highest BCUT2D eigenvalue weighted by Crippen LogP contribution is 2.38. The number of ether oxygens (including phenoxy) is 7. The van der Waals surface area contributed by atoms with Gasteiger partial charge in [0.1, 0.15) is 32.1 Å². The Kier molecular flexibility index (Phi) is 19.4. The lowest BCUT2D eigenvalue weighted by molar-refractivity contribution is -0.384. The molecule has 0 aliphatic carbocycles. The Hall–Kier alpha value is -3.36. The second-order valence-electron chi connectivity index (χ2n) is 11.7. The lowest BCUT2D eigenvalue weighted by Crippen LogP contribution is -2.33. The Balaban J connectivity index is 2.00. The summed E-state index contributed by atoms with van der Waals surface area (Å²) in [6.45, 7) is 6.20. The number of fused-ring (bicyclic) bond motifs is 1. The fraction of sp³-hybridized carbons (Fsp3) is 0.750. The highest BCUT2D eigenvalue weighted by Gasteiger charge is 2.29. The highest BCUT2D eigenvalue weighted by molar-refractivity contribution is 5.89. The molecule has 0 saturated heterocycles. The molecular weight excluding hydrogens is 602 g/mol. The van der Waals surface area contributed by atoms with Gasteiger partial charge in [-0.1, -0.05) is 78.1 Å². The zero-order valence-corrected chi connectivity index (χ0v) is 27.5. The van der Waals surface area contributed by atoms with Crippen molar-refractivity contribution in [3.05, 3.63) is 22.2 Å². The third kappa shape index (κ3) is 16.8.